The van der Waals surface area contributed by atoms with Gasteiger partial charge >= 0.3 is 0 Å². The molecule has 0 radical (unpaired) electrons. The highest BCUT2D eigenvalue weighted by Crippen LogP contribution is 2.29. The van der Waals surface area contributed by atoms with Crippen molar-refractivity contribution in [3.05, 3.63) is 156 Å². The van der Waals surface area contributed by atoms with Crippen molar-refractivity contribution in [3.63, 3.8) is 0 Å². The van der Waals surface area contributed by atoms with Gasteiger partial charge in [-0.2, -0.15) is 0 Å². The molecule has 0 saturated carbocycles. The van der Waals surface area contributed by atoms with Gasteiger partial charge in [0.25, 0.3) is 10.0 Å². The normalized spacial score (nSPS) is 12.4. The molecule has 264 valence electrons. The van der Waals surface area contributed by atoms with Crippen LogP contribution in [0.2, 0.25) is 0 Å². The van der Waals surface area contributed by atoms with E-state index in [2.05, 4.69) is 5.32 Å². The van der Waals surface area contributed by atoms with Gasteiger partial charge in [-0.05, 0) is 86.8 Å². The fraction of sp³-hybridized carbons (Fsp3) is 0.238. The highest BCUT2D eigenvalue weighted by Gasteiger charge is 2.35. The Kier molecular flexibility index (Phi) is 12.3. The number of anilines is 1. The fourth-order valence-electron chi connectivity index (χ4n) is 5.67. The second-order valence-corrected chi connectivity index (χ2v) is 14.6. The quantitative estimate of drug-likeness (QED) is 0.120. The van der Waals surface area contributed by atoms with Crippen LogP contribution in [0.15, 0.2) is 138 Å². The summed E-state index contributed by atoms with van der Waals surface area (Å²) in [6, 6.07) is 38.6. The lowest BCUT2D eigenvalue weighted by molar-refractivity contribution is -0.140. The molecule has 0 fully saturated rings. The van der Waals surface area contributed by atoms with E-state index in [1.807, 2.05) is 113 Å². The van der Waals surface area contributed by atoms with E-state index in [4.69, 9.17) is 4.74 Å². The molecule has 5 aromatic carbocycles. The summed E-state index contributed by atoms with van der Waals surface area (Å²) < 4.78 is 35.9. The summed E-state index contributed by atoms with van der Waals surface area (Å²) in [6.45, 7) is 7.32. The van der Waals surface area contributed by atoms with Gasteiger partial charge in [0.05, 0.1) is 10.6 Å². The third-order valence-electron chi connectivity index (χ3n) is 8.70. The van der Waals surface area contributed by atoms with Crippen molar-refractivity contribution in [3.8, 4) is 11.5 Å². The van der Waals surface area contributed by atoms with Gasteiger partial charge in [-0.3, -0.25) is 13.9 Å². The molecule has 0 spiro atoms. The molecule has 0 aliphatic carbocycles. The first kappa shape index (κ1) is 36.9. The van der Waals surface area contributed by atoms with Crippen LogP contribution in [-0.4, -0.2) is 43.8 Å². The highest BCUT2D eigenvalue weighted by molar-refractivity contribution is 7.92. The highest BCUT2D eigenvalue weighted by atomic mass is 32.2. The molecule has 5 rings (SSSR count). The van der Waals surface area contributed by atoms with E-state index >= 15 is 0 Å². The molecule has 0 saturated heterocycles. The smallest absolute Gasteiger partial charge is 0.264 e. The number of rotatable bonds is 15. The van der Waals surface area contributed by atoms with Gasteiger partial charge in [-0.15, -0.1) is 0 Å². The van der Waals surface area contributed by atoms with Gasteiger partial charge < -0.3 is 15.0 Å². The Morgan fingerprint density at radius 2 is 1.33 bits per heavy atom. The third-order valence-corrected chi connectivity index (χ3v) is 10.5. The van der Waals surface area contributed by atoms with Gasteiger partial charge in [0.2, 0.25) is 11.8 Å². The zero-order chi connectivity index (χ0) is 36.4. The molecule has 8 nitrogen and oxygen atoms in total. The van der Waals surface area contributed by atoms with Crippen LogP contribution in [0.3, 0.4) is 0 Å². The Morgan fingerprint density at radius 3 is 1.96 bits per heavy atom. The van der Waals surface area contributed by atoms with Crippen LogP contribution < -0.4 is 14.4 Å². The second kappa shape index (κ2) is 17.0. The number of sulfonamides is 1. The number of ether oxygens (including phenoxy) is 1. The summed E-state index contributed by atoms with van der Waals surface area (Å²) in [4.78, 5) is 30.4. The van der Waals surface area contributed by atoms with Crippen LogP contribution in [-0.2, 0) is 32.6 Å². The first-order valence-electron chi connectivity index (χ1n) is 17.1. The minimum atomic E-state index is -4.23. The van der Waals surface area contributed by atoms with Gasteiger partial charge in [0, 0.05) is 19.0 Å². The molecule has 51 heavy (non-hydrogen) atoms. The van der Waals surface area contributed by atoms with E-state index in [1.54, 1.807) is 36.4 Å². The largest absolute Gasteiger partial charge is 0.457 e. The van der Waals surface area contributed by atoms with Crippen LogP contribution in [0.25, 0.3) is 0 Å². The standard InChI is InChI=1S/C42H45N3O5S/c1-5-33(4)43-42(47)40(28-34-14-8-6-9-15-34)44(29-35-16-12-13-32(3)27-35)41(46)30-45(51(48,49)39-25-19-31(2)20-26-39)36-21-23-38(24-22-36)50-37-17-10-7-11-18-37/h6-27,33,40H,5,28-30H2,1-4H3,(H,43,47)/t33-,40+/m0/s1. The lowest BCUT2D eigenvalue weighted by atomic mass is 10.0. The number of para-hydroxylation sites is 1. The van der Waals surface area contributed by atoms with Crippen LogP contribution in [0.4, 0.5) is 5.69 Å². The molecule has 9 heteroatoms. The van der Waals surface area contributed by atoms with Crippen LogP contribution >= 0.6 is 0 Å². The fourth-order valence-corrected chi connectivity index (χ4v) is 7.09. The predicted molar refractivity (Wildman–Crippen MR) is 202 cm³/mol. The van der Waals surface area contributed by atoms with Crippen molar-refractivity contribution in [2.75, 3.05) is 10.8 Å². The van der Waals surface area contributed by atoms with Crippen molar-refractivity contribution >= 4 is 27.5 Å². The van der Waals surface area contributed by atoms with E-state index in [0.717, 1.165) is 26.6 Å². The summed E-state index contributed by atoms with van der Waals surface area (Å²) in [5.41, 5.74) is 3.89. The maximum absolute atomic E-state index is 14.8. The molecule has 0 heterocycles. The van der Waals surface area contributed by atoms with E-state index < -0.39 is 28.5 Å². The molecular formula is C42H45N3O5S. The maximum atomic E-state index is 14.8. The van der Waals surface area contributed by atoms with E-state index in [1.165, 1.54) is 17.0 Å². The summed E-state index contributed by atoms with van der Waals surface area (Å²) in [6.07, 6.45) is 0.957. The van der Waals surface area contributed by atoms with Crippen molar-refractivity contribution in [2.24, 2.45) is 0 Å². The molecule has 0 aromatic heterocycles. The SMILES string of the molecule is CC[C@H](C)NC(=O)[C@@H](Cc1ccccc1)N(Cc1cccc(C)c1)C(=O)CN(c1ccc(Oc2ccccc2)cc1)S(=O)(=O)c1ccc(C)cc1. The lowest BCUT2D eigenvalue weighted by Crippen LogP contribution is -2.54. The molecule has 0 bridgehead atoms. The number of hydrogen-bond acceptors (Lipinski definition) is 5. The van der Waals surface area contributed by atoms with Gasteiger partial charge in [0.15, 0.2) is 0 Å². The molecule has 0 unspecified atom stereocenters. The number of amides is 2. The topological polar surface area (TPSA) is 96.0 Å². The van der Waals surface area contributed by atoms with E-state index in [-0.39, 0.29) is 35.5 Å². The minimum absolute atomic E-state index is 0.0473. The summed E-state index contributed by atoms with van der Waals surface area (Å²) in [5.74, 6) is 0.327. The second-order valence-electron chi connectivity index (χ2n) is 12.8. The molecule has 1 N–H and O–H groups in total. The Bertz CT molecular complexity index is 2000. The molecule has 0 aliphatic rings. The minimum Gasteiger partial charge on any atom is -0.457 e. The molecular weight excluding hydrogens is 659 g/mol. The average molecular weight is 704 g/mol. The monoisotopic (exact) mass is 703 g/mol. The first-order chi connectivity index (χ1) is 24.5. The Hall–Kier alpha value is -5.41. The van der Waals surface area contributed by atoms with Crippen LogP contribution in [0, 0.1) is 13.8 Å². The zero-order valence-electron chi connectivity index (χ0n) is 29.5. The number of nitrogens with zero attached hydrogens (tertiary/aromatic N) is 2. The number of carbonyl (C=O) groups excluding carboxylic acids is 2. The van der Waals surface area contributed by atoms with Gasteiger partial charge in [0.1, 0.15) is 24.1 Å². The maximum Gasteiger partial charge on any atom is 0.264 e. The lowest BCUT2D eigenvalue weighted by Gasteiger charge is -2.34. The van der Waals surface area contributed by atoms with Crippen molar-refractivity contribution in [1.29, 1.82) is 0 Å². The summed E-state index contributed by atoms with van der Waals surface area (Å²) in [7, 11) is -4.23. The summed E-state index contributed by atoms with van der Waals surface area (Å²) >= 11 is 0. The van der Waals surface area contributed by atoms with Crippen LogP contribution in [0.1, 0.15) is 42.5 Å². The average Bonchev–Trinajstić information content (AvgIpc) is 3.13. The van der Waals surface area contributed by atoms with E-state index in [0.29, 0.717) is 17.9 Å². The Labute approximate surface area is 301 Å². The Morgan fingerprint density at radius 1 is 0.725 bits per heavy atom. The molecule has 2 atom stereocenters. The van der Waals surface area contributed by atoms with E-state index in [9.17, 15) is 18.0 Å². The number of benzene rings is 5. The van der Waals surface area contributed by atoms with Crippen molar-refractivity contribution in [2.45, 2.75) is 64.1 Å². The van der Waals surface area contributed by atoms with Crippen molar-refractivity contribution in [1.82, 2.24) is 10.2 Å². The van der Waals surface area contributed by atoms with Crippen molar-refractivity contribution < 1.29 is 22.7 Å². The van der Waals surface area contributed by atoms with Crippen LogP contribution in [0.5, 0.6) is 11.5 Å². The molecule has 0 aliphatic heterocycles. The van der Waals surface area contributed by atoms with Gasteiger partial charge in [-0.25, -0.2) is 8.42 Å². The number of aryl methyl sites for hydroxylation is 2. The summed E-state index contributed by atoms with van der Waals surface area (Å²) in [5, 5.41) is 3.08. The number of nitrogens with one attached hydrogen (secondary N) is 1. The van der Waals surface area contributed by atoms with Gasteiger partial charge in [-0.1, -0.05) is 103 Å². The molecule has 5 aromatic rings. The Balaban J connectivity index is 1.56. The first-order valence-corrected chi connectivity index (χ1v) is 18.6. The zero-order valence-corrected chi connectivity index (χ0v) is 30.3. The third kappa shape index (κ3) is 9.86. The predicted octanol–water partition coefficient (Wildman–Crippen LogP) is 7.85. The molecule has 2 amide bonds. The number of hydrogen-bond donors (Lipinski definition) is 1. The number of carbonyl (C=O) groups is 2.